The summed E-state index contributed by atoms with van der Waals surface area (Å²) in [6, 6.07) is 13.0. The van der Waals surface area contributed by atoms with Crippen LogP contribution in [-0.4, -0.2) is 19.2 Å². The average molecular weight is 366 g/mol. The number of allylic oxidation sites excluding steroid dienone is 1. The van der Waals surface area contributed by atoms with E-state index in [4.69, 9.17) is 13.9 Å². The fraction of sp³-hybridized carbons (Fsp3) is 0.435. The Morgan fingerprint density at radius 3 is 2.67 bits per heavy atom. The van der Waals surface area contributed by atoms with E-state index in [1.165, 1.54) is 5.57 Å². The lowest BCUT2D eigenvalue weighted by atomic mass is 9.56. The number of esters is 1. The Balaban J connectivity index is 1.58. The third-order valence-electron chi connectivity index (χ3n) is 6.55. The summed E-state index contributed by atoms with van der Waals surface area (Å²) in [5.41, 5.74) is 1.68. The van der Waals surface area contributed by atoms with E-state index in [2.05, 4.69) is 26.8 Å². The molecule has 1 aliphatic carbocycles. The molecule has 1 saturated heterocycles. The number of hydrogen-bond donors (Lipinski definition) is 0. The van der Waals surface area contributed by atoms with Crippen LogP contribution >= 0.6 is 0 Å². The molecular weight excluding hydrogens is 340 g/mol. The molecule has 1 aliphatic heterocycles. The van der Waals surface area contributed by atoms with Gasteiger partial charge in [0, 0.05) is 11.3 Å². The van der Waals surface area contributed by atoms with E-state index in [1.807, 2.05) is 30.3 Å². The van der Waals surface area contributed by atoms with Crippen molar-refractivity contribution in [3.05, 3.63) is 71.7 Å². The van der Waals surface area contributed by atoms with Gasteiger partial charge in [-0.1, -0.05) is 43.7 Å². The normalized spacial score (nSPS) is 32.6. The van der Waals surface area contributed by atoms with Crippen LogP contribution in [0.3, 0.4) is 0 Å². The van der Waals surface area contributed by atoms with E-state index in [9.17, 15) is 4.79 Å². The van der Waals surface area contributed by atoms with Crippen LogP contribution in [-0.2, 0) is 9.47 Å². The summed E-state index contributed by atoms with van der Waals surface area (Å²) in [5.74, 6) is 1.38. The quantitative estimate of drug-likeness (QED) is 0.562. The number of fused-ring (bicyclic) bond motifs is 2. The minimum Gasteiger partial charge on any atom is -0.467 e. The third kappa shape index (κ3) is 3.02. The zero-order valence-electron chi connectivity index (χ0n) is 16.1. The Labute approximate surface area is 160 Å². The number of carbonyl (C=O) groups excluding carboxylic acids is 1. The lowest BCUT2D eigenvalue weighted by molar-refractivity contribution is -0.170. The smallest absolute Gasteiger partial charge is 0.338 e. The van der Waals surface area contributed by atoms with Crippen molar-refractivity contribution in [2.24, 2.45) is 23.2 Å². The maximum Gasteiger partial charge on any atom is 0.338 e. The molecule has 1 fully saturated rings. The standard InChI is InChI=1S/C23H26O4/c1-15-12-16(2)23(14-27-22(24)18-8-5-4-6-9-18)13-26-21(20(15)17(23)3)19-10-7-11-25-19/h4-12,16-17,20-21H,13-14H2,1-3H3/t16-,17+,20-,21+,23-/m0/s1. The molecule has 2 aliphatic rings. The molecule has 4 nitrogen and oxygen atoms in total. The zero-order chi connectivity index (χ0) is 19.0. The molecule has 27 heavy (non-hydrogen) atoms. The number of hydrogen-bond acceptors (Lipinski definition) is 4. The molecule has 0 radical (unpaired) electrons. The van der Waals surface area contributed by atoms with Crippen LogP contribution in [0.4, 0.5) is 0 Å². The van der Waals surface area contributed by atoms with Gasteiger partial charge in [-0.2, -0.15) is 0 Å². The molecule has 0 unspecified atom stereocenters. The molecule has 0 spiro atoms. The first-order chi connectivity index (χ1) is 13.0. The van der Waals surface area contributed by atoms with Crippen LogP contribution in [0.25, 0.3) is 0 Å². The van der Waals surface area contributed by atoms with Gasteiger partial charge in [0.25, 0.3) is 0 Å². The third-order valence-corrected chi connectivity index (χ3v) is 6.55. The highest BCUT2D eigenvalue weighted by molar-refractivity contribution is 5.89. The van der Waals surface area contributed by atoms with E-state index in [-0.39, 0.29) is 29.3 Å². The van der Waals surface area contributed by atoms with Crippen molar-refractivity contribution in [1.82, 2.24) is 0 Å². The largest absolute Gasteiger partial charge is 0.467 e. The Morgan fingerprint density at radius 1 is 1.19 bits per heavy atom. The Morgan fingerprint density at radius 2 is 1.96 bits per heavy atom. The van der Waals surface area contributed by atoms with E-state index >= 15 is 0 Å². The van der Waals surface area contributed by atoms with Gasteiger partial charge in [-0.25, -0.2) is 4.79 Å². The summed E-state index contributed by atoms with van der Waals surface area (Å²) in [5, 5.41) is 0. The van der Waals surface area contributed by atoms with Crippen molar-refractivity contribution < 1.29 is 18.7 Å². The van der Waals surface area contributed by atoms with Gasteiger partial charge in [-0.15, -0.1) is 0 Å². The fourth-order valence-corrected chi connectivity index (χ4v) is 4.82. The van der Waals surface area contributed by atoms with Crippen LogP contribution in [0, 0.1) is 23.2 Å². The molecule has 0 saturated carbocycles. The molecule has 2 aromatic rings. The van der Waals surface area contributed by atoms with Gasteiger partial charge in [0.05, 0.1) is 18.4 Å². The monoisotopic (exact) mass is 366 g/mol. The van der Waals surface area contributed by atoms with Crippen LogP contribution < -0.4 is 0 Å². The number of ether oxygens (including phenoxy) is 2. The minimum absolute atomic E-state index is 0.0864. The summed E-state index contributed by atoms with van der Waals surface area (Å²) in [7, 11) is 0. The van der Waals surface area contributed by atoms with E-state index < -0.39 is 0 Å². The number of benzene rings is 1. The van der Waals surface area contributed by atoms with Crippen LogP contribution in [0.2, 0.25) is 0 Å². The minimum atomic E-state index is -0.277. The zero-order valence-corrected chi connectivity index (χ0v) is 16.1. The molecule has 142 valence electrons. The molecule has 4 heteroatoms. The molecule has 0 N–H and O–H groups in total. The van der Waals surface area contributed by atoms with Crippen molar-refractivity contribution in [2.75, 3.05) is 13.2 Å². The number of furan rings is 1. The molecule has 1 aromatic heterocycles. The predicted molar refractivity (Wildman–Crippen MR) is 102 cm³/mol. The van der Waals surface area contributed by atoms with Gasteiger partial charge in [-0.05, 0) is 43.0 Å². The lowest BCUT2D eigenvalue weighted by Crippen LogP contribution is -2.54. The highest BCUT2D eigenvalue weighted by Crippen LogP contribution is 2.56. The molecule has 1 aromatic carbocycles. The van der Waals surface area contributed by atoms with Crippen molar-refractivity contribution in [3.63, 3.8) is 0 Å². The van der Waals surface area contributed by atoms with E-state index in [1.54, 1.807) is 18.4 Å². The highest BCUT2D eigenvalue weighted by atomic mass is 16.5. The van der Waals surface area contributed by atoms with E-state index in [0.717, 1.165) is 5.76 Å². The maximum absolute atomic E-state index is 12.5. The van der Waals surface area contributed by atoms with Gasteiger partial charge in [0.1, 0.15) is 18.5 Å². The Kier molecular flexibility index (Phi) is 4.68. The summed E-state index contributed by atoms with van der Waals surface area (Å²) in [6.07, 6.45) is 3.92. The first kappa shape index (κ1) is 18.1. The van der Waals surface area contributed by atoms with Gasteiger partial charge < -0.3 is 13.9 Å². The molecule has 0 amide bonds. The van der Waals surface area contributed by atoms with Crippen molar-refractivity contribution in [3.8, 4) is 0 Å². The summed E-state index contributed by atoms with van der Waals surface area (Å²) in [6.45, 7) is 7.52. The fourth-order valence-electron chi connectivity index (χ4n) is 4.82. The Bertz CT molecular complexity index is 823. The van der Waals surface area contributed by atoms with Crippen LogP contribution in [0.5, 0.6) is 0 Å². The van der Waals surface area contributed by atoms with Crippen molar-refractivity contribution in [2.45, 2.75) is 26.9 Å². The first-order valence-corrected chi connectivity index (χ1v) is 9.58. The van der Waals surface area contributed by atoms with Gasteiger partial charge in [0.15, 0.2) is 0 Å². The molecular formula is C23H26O4. The predicted octanol–water partition coefficient (Wildman–Crippen LogP) is 5.04. The number of carbonyl (C=O) groups is 1. The SMILES string of the molecule is CC1=C[C@H](C)[C@@]2(COC(=O)c3ccccc3)CO[C@H](c3ccco3)[C@@H]1[C@H]2C. The second kappa shape index (κ2) is 7.01. The van der Waals surface area contributed by atoms with Crippen molar-refractivity contribution >= 4 is 5.97 Å². The molecule has 5 atom stereocenters. The van der Waals surface area contributed by atoms with Gasteiger partial charge in [-0.3, -0.25) is 0 Å². The molecule has 2 heterocycles. The molecule has 4 rings (SSSR count). The second-order valence-corrected chi connectivity index (χ2v) is 7.94. The van der Waals surface area contributed by atoms with E-state index in [0.29, 0.717) is 24.7 Å². The van der Waals surface area contributed by atoms with Gasteiger partial charge >= 0.3 is 5.97 Å². The summed E-state index contributed by atoms with van der Waals surface area (Å²) in [4.78, 5) is 12.5. The number of rotatable bonds is 4. The Hall–Kier alpha value is -2.33. The average Bonchev–Trinajstić information content (AvgIpc) is 3.20. The first-order valence-electron chi connectivity index (χ1n) is 9.58. The topological polar surface area (TPSA) is 48.7 Å². The van der Waals surface area contributed by atoms with Crippen LogP contribution in [0.1, 0.15) is 43.0 Å². The molecule has 2 bridgehead atoms. The highest BCUT2D eigenvalue weighted by Gasteiger charge is 2.55. The lowest BCUT2D eigenvalue weighted by Gasteiger charge is -2.54. The summed E-state index contributed by atoms with van der Waals surface area (Å²) < 4.78 is 17.7. The second-order valence-electron chi connectivity index (χ2n) is 7.94. The van der Waals surface area contributed by atoms with Gasteiger partial charge in [0.2, 0.25) is 0 Å². The summed E-state index contributed by atoms with van der Waals surface area (Å²) >= 11 is 0. The van der Waals surface area contributed by atoms with Crippen molar-refractivity contribution in [1.29, 1.82) is 0 Å². The maximum atomic E-state index is 12.5. The van der Waals surface area contributed by atoms with Crippen LogP contribution in [0.15, 0.2) is 64.8 Å².